The molecule has 0 fully saturated rings. The standard InChI is InChI=1S/C2H5NO2.2Na.HO2P.2H/c3-1-2(4)5;;;1-3-2;;/h1,3H2,(H,4,5);;;(H,1,2);;. The Morgan fingerprint density at radius 1 is 1.50 bits per heavy atom. The van der Waals surface area contributed by atoms with Crippen molar-refractivity contribution in [3.8, 4) is 0 Å². The van der Waals surface area contributed by atoms with Crippen LogP contribution in [0.2, 0.25) is 0 Å². The monoisotopic (exact) mass is 187 g/mol. The fourth-order valence-electron chi connectivity index (χ4n) is 0. The van der Waals surface area contributed by atoms with Gasteiger partial charge in [0.15, 0.2) is 0 Å². The van der Waals surface area contributed by atoms with Gasteiger partial charge in [-0.2, -0.15) is 0 Å². The Labute approximate surface area is 104 Å². The summed E-state index contributed by atoms with van der Waals surface area (Å²) in [7, 11) is -0.833. The molecule has 0 aliphatic carbocycles. The molecule has 0 aromatic carbocycles. The molecule has 4 N–H and O–H groups in total. The Kier molecular flexibility index (Phi) is 50.6. The average molecular weight is 187 g/mol. The molecule has 0 aliphatic heterocycles. The van der Waals surface area contributed by atoms with E-state index in [-0.39, 0.29) is 65.7 Å². The number of hydrogen-bond acceptors (Lipinski definition) is 3. The summed E-state index contributed by atoms with van der Waals surface area (Å²) in [6.45, 7) is -0.278. The van der Waals surface area contributed by atoms with Gasteiger partial charge in [-0.15, -0.1) is 0 Å². The van der Waals surface area contributed by atoms with E-state index in [1.54, 1.807) is 0 Å². The predicted octanol–water partition coefficient (Wildman–Crippen LogP) is -2.08. The van der Waals surface area contributed by atoms with Crippen LogP contribution in [0.1, 0.15) is 0 Å². The molecule has 0 aromatic heterocycles. The van der Waals surface area contributed by atoms with Crippen LogP contribution in [0.4, 0.5) is 0 Å². The first-order valence-electron chi connectivity index (χ1n) is 1.57. The van der Waals surface area contributed by atoms with E-state index < -0.39 is 14.7 Å². The Morgan fingerprint density at radius 3 is 1.60 bits per heavy atom. The summed E-state index contributed by atoms with van der Waals surface area (Å²) >= 11 is 0. The van der Waals surface area contributed by atoms with Gasteiger partial charge in [-0.3, -0.25) is 4.79 Å². The first-order chi connectivity index (χ1) is 3.68. The van der Waals surface area contributed by atoms with Crippen LogP contribution in [0.3, 0.4) is 0 Å². The summed E-state index contributed by atoms with van der Waals surface area (Å²) < 4.78 is 8.46. The molecule has 0 saturated heterocycles. The molecule has 0 saturated carbocycles. The van der Waals surface area contributed by atoms with E-state index in [1.807, 2.05) is 0 Å². The predicted molar refractivity (Wildman–Crippen MR) is 40.8 cm³/mol. The van der Waals surface area contributed by atoms with Crippen molar-refractivity contribution < 1.29 is 19.4 Å². The summed E-state index contributed by atoms with van der Waals surface area (Å²) in [5.74, 6) is -0.968. The number of rotatable bonds is 1. The van der Waals surface area contributed by atoms with Crippen LogP contribution in [0.5, 0.6) is 0 Å². The molecule has 10 heavy (non-hydrogen) atoms. The fourth-order valence-corrected chi connectivity index (χ4v) is 0. The number of carbonyl (C=O) groups is 1. The summed E-state index contributed by atoms with van der Waals surface area (Å²) in [6, 6.07) is 0. The maximum atomic E-state index is 9.24. The Morgan fingerprint density at radius 2 is 1.60 bits per heavy atom. The van der Waals surface area contributed by atoms with E-state index in [0.717, 1.165) is 0 Å². The van der Waals surface area contributed by atoms with E-state index in [1.165, 1.54) is 0 Å². The van der Waals surface area contributed by atoms with Gasteiger partial charge >= 0.3 is 73.8 Å². The molecule has 0 unspecified atom stereocenters. The number of hydrogen-bond donors (Lipinski definition) is 3. The van der Waals surface area contributed by atoms with Crippen LogP contribution in [0.25, 0.3) is 0 Å². The van der Waals surface area contributed by atoms with Gasteiger partial charge < -0.3 is 15.7 Å². The van der Waals surface area contributed by atoms with Crippen LogP contribution in [-0.2, 0) is 9.36 Å². The van der Waals surface area contributed by atoms with Gasteiger partial charge in [-0.25, -0.2) is 4.57 Å². The number of carboxylic acids is 1. The third kappa shape index (κ3) is 56.2. The van der Waals surface area contributed by atoms with Crippen molar-refractivity contribution in [2.24, 2.45) is 5.73 Å². The second-order valence-corrected chi connectivity index (χ2v) is 0.843. The third-order valence-corrected chi connectivity index (χ3v) is 0.175. The van der Waals surface area contributed by atoms with Crippen LogP contribution < -0.4 is 5.73 Å². The number of nitrogens with two attached hydrogens (primary N) is 1. The summed E-state index contributed by atoms with van der Waals surface area (Å²) in [4.78, 5) is 16.2. The van der Waals surface area contributed by atoms with E-state index in [4.69, 9.17) is 14.6 Å². The van der Waals surface area contributed by atoms with Crippen molar-refractivity contribution in [3.63, 3.8) is 0 Å². The van der Waals surface area contributed by atoms with Crippen molar-refractivity contribution in [3.05, 3.63) is 0 Å². The van der Waals surface area contributed by atoms with Crippen LogP contribution in [-0.4, -0.2) is 81.6 Å². The Balaban J connectivity index is -0.0000000326. The molecule has 0 amide bonds. The zero-order chi connectivity index (χ0) is 6.99. The van der Waals surface area contributed by atoms with E-state index in [2.05, 4.69) is 5.73 Å². The first kappa shape index (κ1) is 22.5. The summed E-state index contributed by atoms with van der Waals surface area (Å²) in [5, 5.41) is 7.60. The third-order valence-electron chi connectivity index (χ3n) is 0.175. The molecular formula is C2H8NNa2O4P. The minimum absolute atomic E-state index is 0. The van der Waals surface area contributed by atoms with Crippen molar-refractivity contribution in [1.29, 1.82) is 0 Å². The van der Waals surface area contributed by atoms with Crippen molar-refractivity contribution in [2.45, 2.75) is 0 Å². The van der Waals surface area contributed by atoms with E-state index >= 15 is 0 Å². The average Bonchev–Trinajstić information content (AvgIpc) is 1.69. The molecule has 52 valence electrons. The number of carboxylic acid groups (broad SMARTS) is 1. The summed E-state index contributed by atoms with van der Waals surface area (Å²) in [5.41, 5.74) is 4.57. The van der Waals surface area contributed by atoms with Crippen LogP contribution in [0, 0.1) is 0 Å². The zero-order valence-corrected chi connectivity index (χ0v) is 4.84. The molecular weight excluding hydrogens is 179 g/mol. The molecule has 0 rings (SSSR count). The van der Waals surface area contributed by atoms with Gasteiger partial charge in [0, 0.05) is 0 Å². The quantitative estimate of drug-likeness (QED) is 0.323. The molecule has 0 aliphatic rings. The van der Waals surface area contributed by atoms with Gasteiger partial charge in [0.25, 0.3) is 0 Å². The van der Waals surface area contributed by atoms with Crippen molar-refractivity contribution >= 4 is 73.8 Å². The molecule has 0 radical (unpaired) electrons. The molecule has 0 spiro atoms. The molecule has 5 nitrogen and oxygen atoms in total. The summed E-state index contributed by atoms with van der Waals surface area (Å²) in [6.07, 6.45) is 0. The first-order valence-corrected chi connectivity index (χ1v) is 2.34. The minimum atomic E-state index is -0.968. The zero-order valence-electron chi connectivity index (χ0n) is 3.94. The topological polar surface area (TPSA) is 101 Å². The van der Waals surface area contributed by atoms with E-state index in [0.29, 0.717) is 0 Å². The van der Waals surface area contributed by atoms with E-state index in [9.17, 15) is 4.79 Å². The van der Waals surface area contributed by atoms with Crippen molar-refractivity contribution in [2.75, 3.05) is 6.54 Å². The second kappa shape index (κ2) is 22.4. The molecule has 0 bridgehead atoms. The number of aliphatic carboxylic acids is 1. The van der Waals surface area contributed by atoms with Crippen LogP contribution in [0.15, 0.2) is 0 Å². The van der Waals surface area contributed by atoms with Crippen molar-refractivity contribution in [1.82, 2.24) is 0 Å². The van der Waals surface area contributed by atoms with Gasteiger partial charge in [0.05, 0.1) is 6.54 Å². The fraction of sp³-hybridized carbons (Fsp3) is 0.500. The molecule has 8 heteroatoms. The van der Waals surface area contributed by atoms with Gasteiger partial charge in [0.2, 0.25) is 0 Å². The Hall–Kier alpha value is 1.49. The van der Waals surface area contributed by atoms with Gasteiger partial charge in [-0.1, -0.05) is 0 Å². The molecule has 0 aromatic rings. The maximum absolute atomic E-state index is 9.24. The SMILES string of the molecule is NCC(=O)O.O=PO.[NaH].[NaH]. The molecule has 0 heterocycles. The molecule has 0 atom stereocenters. The van der Waals surface area contributed by atoms with Gasteiger partial charge in [0.1, 0.15) is 0 Å². The second-order valence-electron chi connectivity index (χ2n) is 0.680. The van der Waals surface area contributed by atoms with Gasteiger partial charge in [-0.05, 0) is 0 Å². The Bertz CT molecular complexity index is 81.7. The van der Waals surface area contributed by atoms with Crippen LogP contribution >= 0.6 is 8.69 Å². The normalized spacial score (nSPS) is 5.80.